The minimum atomic E-state index is -0.833. The molecule has 0 saturated heterocycles. The van der Waals surface area contributed by atoms with Gasteiger partial charge in [-0.05, 0) is 25.0 Å². The van der Waals surface area contributed by atoms with Crippen LogP contribution in [0, 0.1) is 0 Å². The second-order valence-corrected chi connectivity index (χ2v) is 3.19. The summed E-state index contributed by atoms with van der Waals surface area (Å²) in [6, 6.07) is 5.38. The number of carbonyl (C=O) groups is 1. The monoisotopic (exact) mass is 165 g/mol. The van der Waals surface area contributed by atoms with Crippen LogP contribution < -0.4 is 0 Å². The summed E-state index contributed by atoms with van der Waals surface area (Å²) in [5, 5.41) is 7.42. The first-order chi connectivity index (χ1) is 5.70. The Morgan fingerprint density at radius 1 is 1.67 bits per heavy atom. The Balaban J connectivity index is 0.000000125. The summed E-state index contributed by atoms with van der Waals surface area (Å²) in [5.74, 6) is -0.833. The molecule has 0 radical (unpaired) electrons. The Morgan fingerprint density at radius 2 is 2.33 bits per heavy atom. The Bertz CT molecular complexity index is 323. The van der Waals surface area contributed by atoms with Gasteiger partial charge in [0.25, 0.3) is 5.97 Å². The Morgan fingerprint density at radius 3 is 2.75 bits per heavy atom. The molecule has 1 N–H and O–H groups in total. The number of hydrogen-bond acceptors (Lipinski definition) is 1. The van der Waals surface area contributed by atoms with E-state index in [1.54, 1.807) is 11.4 Å². The van der Waals surface area contributed by atoms with E-state index < -0.39 is 5.97 Å². The van der Waals surface area contributed by atoms with Crippen molar-refractivity contribution in [3.63, 3.8) is 0 Å². The number of rotatable bonds is 0. The molecule has 1 unspecified atom stereocenters. The molecule has 1 aromatic heterocycles. The Labute approximate surface area is 70.6 Å². The van der Waals surface area contributed by atoms with Crippen LogP contribution in [0.5, 0.6) is 0 Å². The SMILES string of the molecule is CC(=O)O.c1cc2n3c1CCC23. The number of fused-ring (bicyclic) bond motifs is 1. The molecule has 1 aromatic rings. The highest BCUT2D eigenvalue weighted by atomic mass is 16.4. The predicted octanol–water partition coefficient (Wildman–Crippen LogP) is 1.43. The third-order valence-corrected chi connectivity index (χ3v) is 2.29. The predicted molar refractivity (Wildman–Crippen MR) is 44.2 cm³/mol. The van der Waals surface area contributed by atoms with Gasteiger partial charge in [-0.3, -0.25) is 4.79 Å². The quantitative estimate of drug-likeness (QED) is 0.631. The van der Waals surface area contributed by atoms with Crippen LogP contribution >= 0.6 is 0 Å². The summed E-state index contributed by atoms with van der Waals surface area (Å²) in [5.41, 5.74) is 3.14. The first kappa shape index (κ1) is 7.40. The van der Waals surface area contributed by atoms with Gasteiger partial charge in [-0.1, -0.05) is 0 Å². The molecule has 3 heterocycles. The van der Waals surface area contributed by atoms with Gasteiger partial charge in [-0.15, -0.1) is 0 Å². The fourth-order valence-corrected chi connectivity index (χ4v) is 1.84. The van der Waals surface area contributed by atoms with E-state index in [1.165, 1.54) is 12.8 Å². The number of hydrogen-bond donors (Lipinski definition) is 1. The summed E-state index contributed by atoms with van der Waals surface area (Å²) in [7, 11) is 0. The van der Waals surface area contributed by atoms with Crippen LogP contribution in [-0.2, 0) is 11.2 Å². The van der Waals surface area contributed by atoms with E-state index >= 15 is 0 Å². The minimum absolute atomic E-state index is 0.833. The molecule has 0 spiro atoms. The normalized spacial score (nSPS) is 20.9. The van der Waals surface area contributed by atoms with Gasteiger partial charge >= 0.3 is 0 Å². The third-order valence-electron chi connectivity index (χ3n) is 2.29. The topological polar surface area (TPSA) is 42.2 Å². The number of aryl methyl sites for hydroxylation is 1. The van der Waals surface area contributed by atoms with Crippen LogP contribution in [0.1, 0.15) is 30.8 Å². The van der Waals surface area contributed by atoms with E-state index in [0.29, 0.717) is 0 Å². The minimum Gasteiger partial charge on any atom is -0.481 e. The molecule has 0 fully saturated rings. The molecular formula is C9H11NO2. The van der Waals surface area contributed by atoms with Gasteiger partial charge in [0.2, 0.25) is 0 Å². The maximum absolute atomic E-state index is 9.00. The number of carboxylic acid groups (broad SMARTS) is 1. The lowest BCUT2D eigenvalue weighted by molar-refractivity contribution is -0.134. The standard InChI is InChI=1S/C7H7N.C2H4O2/c1-3-6-7-4-2-5(1)8(6)7;1-2(3)4/h1,3,7H,2,4H2;1H3,(H,3,4). The highest BCUT2D eigenvalue weighted by molar-refractivity contribution is 5.62. The van der Waals surface area contributed by atoms with Gasteiger partial charge in [0, 0.05) is 18.3 Å². The second kappa shape index (κ2) is 2.37. The van der Waals surface area contributed by atoms with E-state index in [1.807, 2.05) is 0 Å². The van der Waals surface area contributed by atoms with Crippen LogP contribution in [0.15, 0.2) is 12.1 Å². The fourth-order valence-electron chi connectivity index (χ4n) is 1.84. The van der Waals surface area contributed by atoms with E-state index in [2.05, 4.69) is 16.7 Å². The molecule has 3 heteroatoms. The first-order valence-electron chi connectivity index (χ1n) is 4.09. The van der Waals surface area contributed by atoms with E-state index in [9.17, 15) is 0 Å². The van der Waals surface area contributed by atoms with Crippen molar-refractivity contribution in [2.45, 2.75) is 25.8 Å². The van der Waals surface area contributed by atoms with E-state index in [0.717, 1.165) is 13.0 Å². The molecule has 1 atom stereocenters. The van der Waals surface area contributed by atoms with Crippen molar-refractivity contribution in [1.82, 2.24) is 4.57 Å². The van der Waals surface area contributed by atoms with Crippen LogP contribution in [0.4, 0.5) is 0 Å². The third kappa shape index (κ3) is 1.02. The van der Waals surface area contributed by atoms with Crippen molar-refractivity contribution in [2.75, 3.05) is 0 Å². The molecule has 0 aromatic carbocycles. The van der Waals surface area contributed by atoms with Crippen molar-refractivity contribution < 1.29 is 9.90 Å². The molecule has 12 heavy (non-hydrogen) atoms. The lowest BCUT2D eigenvalue weighted by Gasteiger charge is -1.80. The summed E-state index contributed by atoms with van der Waals surface area (Å²) in [6.07, 6.45) is 2.71. The van der Waals surface area contributed by atoms with Crippen molar-refractivity contribution in [3.8, 4) is 0 Å². The van der Waals surface area contributed by atoms with Gasteiger partial charge in [0.1, 0.15) is 0 Å². The first-order valence-corrected chi connectivity index (χ1v) is 4.09. The zero-order valence-electron chi connectivity index (χ0n) is 6.95. The van der Waals surface area contributed by atoms with Crippen molar-refractivity contribution >= 4 is 5.97 Å². The Kier molecular flexibility index (Phi) is 1.46. The van der Waals surface area contributed by atoms with Crippen LogP contribution in [-0.4, -0.2) is 15.6 Å². The van der Waals surface area contributed by atoms with Gasteiger partial charge in [0.05, 0.1) is 6.04 Å². The molecule has 3 rings (SSSR count). The maximum Gasteiger partial charge on any atom is 0.300 e. The number of aliphatic carboxylic acids is 1. The van der Waals surface area contributed by atoms with Crippen LogP contribution in [0.25, 0.3) is 0 Å². The summed E-state index contributed by atoms with van der Waals surface area (Å²) in [4.78, 5) is 9.00. The van der Waals surface area contributed by atoms with Crippen LogP contribution in [0.3, 0.4) is 0 Å². The van der Waals surface area contributed by atoms with Gasteiger partial charge in [-0.2, -0.15) is 0 Å². The molecule has 0 saturated carbocycles. The fraction of sp³-hybridized carbons (Fsp3) is 0.444. The average molecular weight is 165 g/mol. The number of carboxylic acids is 1. The molecule has 2 aliphatic rings. The van der Waals surface area contributed by atoms with Crippen molar-refractivity contribution in [1.29, 1.82) is 0 Å². The van der Waals surface area contributed by atoms with Gasteiger partial charge in [-0.25, -0.2) is 0 Å². The zero-order chi connectivity index (χ0) is 8.72. The van der Waals surface area contributed by atoms with E-state index in [4.69, 9.17) is 9.90 Å². The smallest absolute Gasteiger partial charge is 0.300 e. The highest BCUT2D eigenvalue weighted by Crippen LogP contribution is 2.46. The van der Waals surface area contributed by atoms with Crippen LogP contribution in [0.2, 0.25) is 0 Å². The lowest BCUT2D eigenvalue weighted by Crippen LogP contribution is -1.78. The maximum atomic E-state index is 9.00. The summed E-state index contributed by atoms with van der Waals surface area (Å²) < 4.78 is 2.44. The van der Waals surface area contributed by atoms with E-state index in [-0.39, 0.29) is 0 Å². The van der Waals surface area contributed by atoms with Crippen molar-refractivity contribution in [3.05, 3.63) is 23.5 Å². The van der Waals surface area contributed by atoms with Gasteiger partial charge < -0.3 is 9.67 Å². The molecule has 0 aliphatic carbocycles. The molecule has 2 aliphatic heterocycles. The average Bonchev–Trinajstić information content (AvgIpc) is 2.30. The molecule has 3 nitrogen and oxygen atoms in total. The lowest BCUT2D eigenvalue weighted by atomic mass is 10.2. The molecular weight excluding hydrogens is 154 g/mol. The molecule has 0 bridgehead atoms. The largest absolute Gasteiger partial charge is 0.481 e. The Hall–Kier alpha value is -1.25. The molecule has 0 amide bonds. The molecule has 64 valence electrons. The summed E-state index contributed by atoms with van der Waals surface area (Å²) >= 11 is 0. The second-order valence-electron chi connectivity index (χ2n) is 3.19. The number of nitrogens with zero attached hydrogens (tertiary/aromatic N) is 1. The van der Waals surface area contributed by atoms with Crippen molar-refractivity contribution in [2.24, 2.45) is 0 Å². The highest BCUT2D eigenvalue weighted by Gasteiger charge is 2.38. The zero-order valence-corrected chi connectivity index (χ0v) is 6.95. The van der Waals surface area contributed by atoms with Gasteiger partial charge in [0.15, 0.2) is 0 Å². The number of aromatic nitrogens is 1. The summed E-state index contributed by atoms with van der Waals surface area (Å²) in [6.45, 7) is 1.08.